The fourth-order valence-electron chi connectivity index (χ4n) is 1.16. The van der Waals surface area contributed by atoms with Gasteiger partial charge in [-0.3, -0.25) is 0 Å². The average Bonchev–Trinajstić information content (AvgIpc) is 2.04. The summed E-state index contributed by atoms with van der Waals surface area (Å²) in [6.45, 7) is 0. The molecule has 0 aliphatic heterocycles. The van der Waals surface area contributed by atoms with Gasteiger partial charge in [0.05, 0.1) is 5.75 Å². The number of hydrogen-bond acceptors (Lipinski definition) is 4. The van der Waals surface area contributed by atoms with Gasteiger partial charge in [-0.25, -0.2) is 8.42 Å². The first-order valence-corrected chi connectivity index (χ1v) is 7.82. The summed E-state index contributed by atoms with van der Waals surface area (Å²) in [7, 11) is -8.42. The van der Waals surface area contributed by atoms with Gasteiger partial charge in [-0.05, 0) is 17.7 Å². The summed E-state index contributed by atoms with van der Waals surface area (Å²) in [6, 6.07) is 3.37. The molecule has 0 N–H and O–H groups in total. The summed E-state index contributed by atoms with van der Waals surface area (Å²) in [5.74, 6) is -0.553. The van der Waals surface area contributed by atoms with Gasteiger partial charge in [-0.15, -0.1) is 3.89 Å². The highest BCUT2D eigenvalue weighted by Crippen LogP contribution is 2.24. The van der Waals surface area contributed by atoms with Crippen molar-refractivity contribution in [1.29, 1.82) is 0 Å². The molecule has 4 nitrogen and oxygen atoms in total. The van der Waals surface area contributed by atoms with Crippen LogP contribution in [0.5, 0.6) is 0 Å². The minimum atomic E-state index is -4.98. The lowest BCUT2D eigenvalue weighted by molar-refractivity contribution is 0.551. The van der Waals surface area contributed by atoms with Crippen LogP contribution in [0, 0.1) is 0 Å². The maximum atomic E-state index is 12.9. The van der Waals surface area contributed by atoms with E-state index in [1.807, 2.05) is 0 Å². The summed E-state index contributed by atoms with van der Waals surface area (Å²) in [4.78, 5) is -0.703. The van der Waals surface area contributed by atoms with Gasteiger partial charge in [0, 0.05) is 11.3 Å². The zero-order valence-corrected chi connectivity index (χ0v) is 10.5. The fourth-order valence-corrected chi connectivity index (χ4v) is 3.02. The third-order valence-corrected chi connectivity index (χ3v) is 3.69. The van der Waals surface area contributed by atoms with Gasteiger partial charge in [0.1, 0.15) is 4.90 Å². The molecule has 0 unspecified atom stereocenters. The number of halogens is 2. The van der Waals surface area contributed by atoms with Crippen LogP contribution in [-0.2, 0) is 25.8 Å². The molecular formula is C8H8ClFO4S2. The summed E-state index contributed by atoms with van der Waals surface area (Å²) >= 11 is 5.51. The monoisotopic (exact) mass is 286 g/mol. The van der Waals surface area contributed by atoms with Gasteiger partial charge in [0.15, 0.2) is 9.84 Å². The largest absolute Gasteiger partial charge is 0.332 e. The molecule has 0 amide bonds. The molecule has 0 radical (unpaired) electrons. The normalized spacial score (nSPS) is 12.7. The molecule has 0 fully saturated rings. The van der Waals surface area contributed by atoms with Gasteiger partial charge < -0.3 is 0 Å². The van der Waals surface area contributed by atoms with Crippen LogP contribution in [0.3, 0.4) is 0 Å². The highest BCUT2D eigenvalue weighted by molar-refractivity contribution is 7.90. The predicted molar refractivity (Wildman–Crippen MR) is 58.3 cm³/mol. The lowest BCUT2D eigenvalue weighted by atomic mass is 10.2. The molecule has 0 atom stereocenters. The molecular weight excluding hydrogens is 279 g/mol. The highest BCUT2D eigenvalue weighted by Gasteiger charge is 2.20. The van der Waals surface area contributed by atoms with E-state index < -0.39 is 30.7 Å². The van der Waals surface area contributed by atoms with Crippen LogP contribution in [-0.4, -0.2) is 23.1 Å². The zero-order chi connectivity index (χ0) is 12.6. The first kappa shape index (κ1) is 13.4. The molecule has 1 aromatic carbocycles. The average molecular weight is 287 g/mol. The number of benzene rings is 1. The minimum Gasteiger partial charge on any atom is -0.229 e. The molecule has 0 spiro atoms. The van der Waals surface area contributed by atoms with E-state index in [1.165, 1.54) is 12.1 Å². The molecule has 0 bridgehead atoms. The molecule has 0 saturated carbocycles. The summed E-state index contributed by atoms with van der Waals surface area (Å²) in [5, 5.41) is 0.0217. The van der Waals surface area contributed by atoms with E-state index in [4.69, 9.17) is 11.6 Å². The van der Waals surface area contributed by atoms with E-state index in [-0.39, 0.29) is 10.6 Å². The Morgan fingerprint density at radius 3 is 2.25 bits per heavy atom. The van der Waals surface area contributed by atoms with Gasteiger partial charge >= 0.3 is 10.2 Å². The molecule has 90 valence electrons. The second-order valence-corrected chi connectivity index (χ2v) is 7.15. The van der Waals surface area contributed by atoms with Crippen molar-refractivity contribution in [2.24, 2.45) is 0 Å². The second-order valence-electron chi connectivity index (χ2n) is 3.26. The number of sulfone groups is 1. The second kappa shape index (κ2) is 4.31. The third kappa shape index (κ3) is 3.73. The van der Waals surface area contributed by atoms with Crippen LogP contribution in [0.15, 0.2) is 23.1 Å². The first-order chi connectivity index (χ1) is 7.09. The van der Waals surface area contributed by atoms with E-state index in [0.717, 1.165) is 12.3 Å². The molecule has 8 heteroatoms. The number of hydrogen-bond donors (Lipinski definition) is 0. The Balaban J connectivity index is 3.41. The van der Waals surface area contributed by atoms with Crippen LogP contribution in [0.25, 0.3) is 0 Å². The molecule has 0 aliphatic rings. The van der Waals surface area contributed by atoms with Gasteiger partial charge in [-0.1, -0.05) is 17.7 Å². The van der Waals surface area contributed by atoms with Crippen LogP contribution in [0.1, 0.15) is 5.56 Å². The van der Waals surface area contributed by atoms with Gasteiger partial charge in [-0.2, -0.15) is 8.42 Å². The highest BCUT2D eigenvalue weighted by atomic mass is 35.5. The van der Waals surface area contributed by atoms with Crippen molar-refractivity contribution in [3.63, 3.8) is 0 Å². The topological polar surface area (TPSA) is 68.3 Å². The van der Waals surface area contributed by atoms with Crippen LogP contribution in [0.4, 0.5) is 3.89 Å². The Kier molecular flexibility index (Phi) is 3.61. The van der Waals surface area contributed by atoms with E-state index in [9.17, 15) is 20.7 Å². The van der Waals surface area contributed by atoms with Gasteiger partial charge in [0.2, 0.25) is 0 Å². The van der Waals surface area contributed by atoms with E-state index in [0.29, 0.717) is 0 Å². The van der Waals surface area contributed by atoms with Crippen LogP contribution >= 0.6 is 11.6 Å². The van der Waals surface area contributed by atoms with Crippen molar-refractivity contribution in [1.82, 2.24) is 0 Å². The Morgan fingerprint density at radius 2 is 1.81 bits per heavy atom. The zero-order valence-electron chi connectivity index (χ0n) is 8.14. The van der Waals surface area contributed by atoms with E-state index in [2.05, 4.69) is 0 Å². The maximum absolute atomic E-state index is 12.9. The maximum Gasteiger partial charge on any atom is 0.332 e. The Hall–Kier alpha value is -0.660. The quantitative estimate of drug-likeness (QED) is 0.791. The van der Waals surface area contributed by atoms with Crippen molar-refractivity contribution in [2.45, 2.75) is 10.6 Å². The first-order valence-electron chi connectivity index (χ1n) is 4.00. The molecule has 0 aliphatic carbocycles. The SMILES string of the molecule is CS(=O)(=O)Cc1ccc(Cl)cc1S(=O)(=O)F. The predicted octanol–water partition coefficient (Wildman–Crippen LogP) is 1.54. The molecule has 0 heterocycles. The standard InChI is InChI=1S/C8H8ClFO4S2/c1-15(11,12)5-6-2-3-7(9)4-8(6)16(10,13)14/h2-4H,5H2,1H3. The molecule has 1 aromatic rings. The Bertz CT molecular complexity index is 607. The van der Waals surface area contributed by atoms with Crippen molar-refractivity contribution >= 4 is 31.7 Å². The fraction of sp³-hybridized carbons (Fsp3) is 0.250. The summed E-state index contributed by atoms with van der Waals surface area (Å²) in [5.41, 5.74) is -0.130. The summed E-state index contributed by atoms with van der Waals surface area (Å²) in [6.07, 6.45) is 0.927. The summed E-state index contributed by atoms with van der Waals surface area (Å²) < 4.78 is 56.4. The van der Waals surface area contributed by atoms with E-state index in [1.54, 1.807) is 0 Å². The number of rotatable bonds is 3. The van der Waals surface area contributed by atoms with Crippen molar-refractivity contribution in [3.8, 4) is 0 Å². The molecule has 16 heavy (non-hydrogen) atoms. The van der Waals surface area contributed by atoms with Gasteiger partial charge in [0.25, 0.3) is 0 Å². The Morgan fingerprint density at radius 1 is 1.25 bits per heavy atom. The van der Waals surface area contributed by atoms with E-state index >= 15 is 0 Å². The lowest BCUT2D eigenvalue weighted by Gasteiger charge is -2.05. The van der Waals surface area contributed by atoms with Crippen molar-refractivity contribution in [3.05, 3.63) is 28.8 Å². The molecule has 1 rings (SSSR count). The third-order valence-electron chi connectivity index (χ3n) is 1.71. The smallest absolute Gasteiger partial charge is 0.229 e. The lowest BCUT2D eigenvalue weighted by Crippen LogP contribution is -2.06. The molecule has 0 aromatic heterocycles. The van der Waals surface area contributed by atoms with Crippen molar-refractivity contribution in [2.75, 3.05) is 6.26 Å². The molecule has 0 saturated heterocycles. The minimum absolute atomic E-state index is 0.0217. The van der Waals surface area contributed by atoms with Crippen molar-refractivity contribution < 1.29 is 20.7 Å². The van der Waals surface area contributed by atoms with Crippen LogP contribution in [0.2, 0.25) is 5.02 Å². The van der Waals surface area contributed by atoms with Crippen LogP contribution < -0.4 is 0 Å². The Labute approximate surface area is 98.2 Å².